The largest absolute Gasteiger partial charge is 0.386 e. The van der Waals surface area contributed by atoms with Gasteiger partial charge in [-0.1, -0.05) is 90.4 Å². The average Bonchev–Trinajstić information content (AvgIpc) is 2.43. The van der Waals surface area contributed by atoms with Crippen molar-refractivity contribution in [2.45, 2.75) is 103 Å². The minimum absolute atomic E-state index is 0.129. The molecule has 0 aliphatic rings. The molecule has 0 rings (SSSR count). The summed E-state index contributed by atoms with van der Waals surface area (Å²) in [5.74, 6) is 0.129. The van der Waals surface area contributed by atoms with Crippen LogP contribution in [0.5, 0.6) is 0 Å². The fourth-order valence-electron chi connectivity index (χ4n) is 2.54. The first-order valence-electron chi connectivity index (χ1n) is 8.78. The van der Waals surface area contributed by atoms with Gasteiger partial charge >= 0.3 is 0 Å². The lowest BCUT2D eigenvalue weighted by Crippen LogP contribution is -2.35. The quantitative estimate of drug-likeness (QED) is 0.231. The second-order valence-corrected chi connectivity index (χ2v) is 6.09. The molecule has 1 unspecified atom stereocenters. The van der Waals surface area contributed by atoms with Crippen molar-refractivity contribution in [3.05, 3.63) is 0 Å². The van der Waals surface area contributed by atoms with Crippen molar-refractivity contribution < 1.29 is 0 Å². The summed E-state index contributed by atoms with van der Waals surface area (Å²) in [6.07, 6.45) is 18.6. The molecule has 0 amide bonds. The SMILES string of the molecule is CCCCCCCCCCCCCCCC(N)C(=N)N. The van der Waals surface area contributed by atoms with E-state index < -0.39 is 0 Å². The van der Waals surface area contributed by atoms with Gasteiger partial charge in [-0.25, -0.2) is 0 Å². The molecule has 0 aliphatic heterocycles. The van der Waals surface area contributed by atoms with Gasteiger partial charge in [0.1, 0.15) is 5.84 Å². The number of hydrogen-bond acceptors (Lipinski definition) is 2. The van der Waals surface area contributed by atoms with Crippen LogP contribution in [0.1, 0.15) is 96.8 Å². The highest BCUT2D eigenvalue weighted by atomic mass is 14.8. The van der Waals surface area contributed by atoms with Gasteiger partial charge in [-0.3, -0.25) is 5.41 Å². The van der Waals surface area contributed by atoms with Gasteiger partial charge in [-0.2, -0.15) is 0 Å². The molecule has 1 atom stereocenters. The van der Waals surface area contributed by atoms with Crippen molar-refractivity contribution in [2.75, 3.05) is 0 Å². The van der Waals surface area contributed by atoms with Gasteiger partial charge in [0, 0.05) is 0 Å². The van der Waals surface area contributed by atoms with Gasteiger partial charge in [0.15, 0.2) is 0 Å². The summed E-state index contributed by atoms with van der Waals surface area (Å²) in [7, 11) is 0. The third-order valence-corrected chi connectivity index (χ3v) is 4.02. The zero-order valence-electron chi connectivity index (χ0n) is 13.6. The highest BCUT2D eigenvalue weighted by molar-refractivity contribution is 5.82. The lowest BCUT2D eigenvalue weighted by atomic mass is 10.0. The molecule has 3 nitrogen and oxygen atoms in total. The van der Waals surface area contributed by atoms with Gasteiger partial charge in [0.25, 0.3) is 0 Å². The molecule has 0 aromatic heterocycles. The summed E-state index contributed by atoms with van der Waals surface area (Å²) >= 11 is 0. The maximum atomic E-state index is 7.22. The number of nitrogens with two attached hydrogens (primary N) is 2. The molecule has 0 heterocycles. The second kappa shape index (κ2) is 14.8. The zero-order chi connectivity index (χ0) is 15.1. The summed E-state index contributed by atoms with van der Waals surface area (Å²) in [6, 6.07) is -0.220. The standard InChI is InChI=1S/C17H37N3/c1-2-3-4-5-6-7-8-9-10-11-12-13-14-15-16(18)17(19)20/h16H,2-15,18H2,1H3,(H3,19,20). The van der Waals surface area contributed by atoms with E-state index in [1.165, 1.54) is 77.0 Å². The molecule has 0 aromatic carbocycles. The first-order chi connectivity index (χ1) is 9.68. The smallest absolute Gasteiger partial charge is 0.108 e. The molecular weight excluding hydrogens is 246 g/mol. The Morgan fingerprint density at radius 2 is 1.10 bits per heavy atom. The van der Waals surface area contributed by atoms with Crippen molar-refractivity contribution in [3.63, 3.8) is 0 Å². The number of rotatable bonds is 15. The molecular formula is C17H37N3. The van der Waals surface area contributed by atoms with Crippen LogP contribution in [-0.4, -0.2) is 11.9 Å². The van der Waals surface area contributed by atoms with Crippen LogP contribution in [0.3, 0.4) is 0 Å². The molecule has 0 saturated heterocycles. The monoisotopic (exact) mass is 283 g/mol. The molecule has 0 aliphatic carbocycles. The van der Waals surface area contributed by atoms with E-state index in [2.05, 4.69) is 6.92 Å². The molecule has 0 spiro atoms. The predicted molar refractivity (Wildman–Crippen MR) is 90.2 cm³/mol. The van der Waals surface area contributed by atoms with Gasteiger partial charge < -0.3 is 11.5 Å². The van der Waals surface area contributed by atoms with Crippen LogP contribution in [0, 0.1) is 5.41 Å². The number of unbranched alkanes of at least 4 members (excludes halogenated alkanes) is 12. The Balaban J connectivity index is 3.04. The van der Waals surface area contributed by atoms with Crippen LogP contribution < -0.4 is 11.5 Å². The minimum Gasteiger partial charge on any atom is -0.386 e. The topological polar surface area (TPSA) is 75.9 Å². The van der Waals surface area contributed by atoms with Crippen LogP contribution in [0.25, 0.3) is 0 Å². The summed E-state index contributed by atoms with van der Waals surface area (Å²) in [5, 5.41) is 7.22. The van der Waals surface area contributed by atoms with Gasteiger partial charge in [-0.15, -0.1) is 0 Å². The third-order valence-electron chi connectivity index (χ3n) is 4.02. The average molecular weight is 284 g/mol. The van der Waals surface area contributed by atoms with Crippen molar-refractivity contribution >= 4 is 5.84 Å². The summed E-state index contributed by atoms with van der Waals surface area (Å²) in [6.45, 7) is 2.27. The van der Waals surface area contributed by atoms with Crippen LogP contribution >= 0.6 is 0 Å². The van der Waals surface area contributed by atoms with E-state index in [0.717, 1.165) is 12.8 Å². The minimum atomic E-state index is -0.220. The van der Waals surface area contributed by atoms with E-state index in [1.54, 1.807) is 0 Å². The Morgan fingerprint density at radius 1 is 0.750 bits per heavy atom. The van der Waals surface area contributed by atoms with E-state index in [9.17, 15) is 0 Å². The van der Waals surface area contributed by atoms with Gasteiger partial charge in [0.2, 0.25) is 0 Å². The fourth-order valence-corrected chi connectivity index (χ4v) is 2.54. The summed E-state index contributed by atoms with van der Waals surface area (Å²) < 4.78 is 0. The number of hydrogen-bond donors (Lipinski definition) is 3. The Labute approximate surface area is 126 Å². The highest BCUT2D eigenvalue weighted by Crippen LogP contribution is 2.13. The third kappa shape index (κ3) is 13.9. The number of amidine groups is 1. The highest BCUT2D eigenvalue weighted by Gasteiger charge is 2.04. The summed E-state index contributed by atoms with van der Waals surface area (Å²) in [5.41, 5.74) is 11.0. The van der Waals surface area contributed by atoms with E-state index in [1.807, 2.05) is 0 Å². The van der Waals surface area contributed by atoms with Crippen molar-refractivity contribution in [3.8, 4) is 0 Å². The van der Waals surface area contributed by atoms with E-state index in [0.29, 0.717) is 0 Å². The predicted octanol–water partition coefficient (Wildman–Crippen LogP) is 4.73. The Morgan fingerprint density at radius 3 is 1.45 bits per heavy atom. The summed E-state index contributed by atoms with van der Waals surface area (Å²) in [4.78, 5) is 0. The first kappa shape index (κ1) is 19.4. The molecule has 0 saturated carbocycles. The lowest BCUT2D eigenvalue weighted by molar-refractivity contribution is 0.532. The van der Waals surface area contributed by atoms with Crippen LogP contribution in [0.15, 0.2) is 0 Å². The molecule has 0 bridgehead atoms. The van der Waals surface area contributed by atoms with Crippen LogP contribution in [-0.2, 0) is 0 Å². The zero-order valence-corrected chi connectivity index (χ0v) is 13.6. The maximum Gasteiger partial charge on any atom is 0.108 e. The number of nitrogens with one attached hydrogen (secondary N) is 1. The molecule has 0 aromatic rings. The molecule has 0 radical (unpaired) electrons. The van der Waals surface area contributed by atoms with Crippen molar-refractivity contribution in [2.24, 2.45) is 11.5 Å². The Kier molecular flexibility index (Phi) is 14.4. The molecule has 5 N–H and O–H groups in total. The molecule has 3 heteroatoms. The molecule has 120 valence electrons. The van der Waals surface area contributed by atoms with Gasteiger partial charge in [0.05, 0.1) is 6.04 Å². The molecule has 0 fully saturated rings. The van der Waals surface area contributed by atoms with Crippen molar-refractivity contribution in [1.29, 1.82) is 5.41 Å². The fraction of sp³-hybridized carbons (Fsp3) is 0.941. The van der Waals surface area contributed by atoms with E-state index >= 15 is 0 Å². The van der Waals surface area contributed by atoms with Crippen LogP contribution in [0.4, 0.5) is 0 Å². The Hall–Kier alpha value is -0.570. The lowest BCUT2D eigenvalue weighted by Gasteiger charge is -2.08. The van der Waals surface area contributed by atoms with Gasteiger partial charge in [-0.05, 0) is 6.42 Å². The molecule has 20 heavy (non-hydrogen) atoms. The van der Waals surface area contributed by atoms with Crippen LogP contribution in [0.2, 0.25) is 0 Å². The Bertz CT molecular complexity index is 216. The second-order valence-electron chi connectivity index (χ2n) is 6.09. The van der Waals surface area contributed by atoms with Crippen molar-refractivity contribution in [1.82, 2.24) is 0 Å². The first-order valence-corrected chi connectivity index (χ1v) is 8.78. The van der Waals surface area contributed by atoms with E-state index in [4.69, 9.17) is 16.9 Å². The normalized spacial score (nSPS) is 12.5. The maximum absolute atomic E-state index is 7.22. The van der Waals surface area contributed by atoms with E-state index in [-0.39, 0.29) is 11.9 Å².